The Morgan fingerprint density at radius 1 is 1.23 bits per heavy atom. The Labute approximate surface area is 209 Å². The maximum absolute atomic E-state index is 13.7. The van der Waals surface area contributed by atoms with Crippen molar-refractivity contribution >= 4 is 15.6 Å². The van der Waals surface area contributed by atoms with E-state index in [0.717, 1.165) is 36.9 Å². The van der Waals surface area contributed by atoms with E-state index in [0.29, 0.717) is 12.3 Å². The minimum atomic E-state index is -3.83. The van der Waals surface area contributed by atoms with Crippen LogP contribution in [0.15, 0.2) is 53.7 Å². The van der Waals surface area contributed by atoms with Gasteiger partial charge in [-0.25, -0.2) is 8.42 Å². The van der Waals surface area contributed by atoms with E-state index in [1.54, 1.807) is 25.4 Å². The maximum atomic E-state index is 13.7. The molecule has 1 aromatic carbocycles. The number of sulfonamides is 1. The first kappa shape index (κ1) is 25.8. The molecule has 1 aromatic heterocycles. The van der Waals surface area contributed by atoms with Crippen LogP contribution in [0.3, 0.4) is 0 Å². The van der Waals surface area contributed by atoms with Gasteiger partial charge in [-0.2, -0.15) is 4.31 Å². The molecule has 2 aliphatic rings. The van der Waals surface area contributed by atoms with Crippen LogP contribution in [0, 0.1) is 5.92 Å². The summed E-state index contributed by atoms with van der Waals surface area (Å²) in [5.41, 5.74) is 3.44. The van der Waals surface area contributed by atoms with Gasteiger partial charge in [0.25, 0.3) is 0 Å². The maximum Gasteiger partial charge on any atom is 0.247 e. The minimum Gasteiger partial charge on any atom is -0.487 e. The third-order valence-corrected chi connectivity index (χ3v) is 9.04. The summed E-state index contributed by atoms with van der Waals surface area (Å²) in [5.74, 6) is 0.322. The van der Waals surface area contributed by atoms with Crippen molar-refractivity contribution in [2.45, 2.75) is 63.1 Å². The first-order valence-corrected chi connectivity index (χ1v) is 13.9. The second-order valence-corrected chi connectivity index (χ2v) is 11.8. The van der Waals surface area contributed by atoms with Gasteiger partial charge in [-0.3, -0.25) is 9.88 Å². The molecular weight excluding hydrogens is 462 g/mol. The zero-order valence-electron chi connectivity index (χ0n) is 20.9. The smallest absolute Gasteiger partial charge is 0.247 e. The summed E-state index contributed by atoms with van der Waals surface area (Å²) in [4.78, 5) is 6.46. The Kier molecular flexibility index (Phi) is 8.27. The van der Waals surface area contributed by atoms with Crippen LogP contribution in [0.1, 0.15) is 50.7 Å². The number of nitrogens with zero attached hydrogens (tertiary/aromatic N) is 3. The van der Waals surface area contributed by atoms with E-state index >= 15 is 0 Å². The van der Waals surface area contributed by atoms with Crippen LogP contribution in [-0.4, -0.2) is 66.6 Å². The molecule has 0 spiro atoms. The van der Waals surface area contributed by atoms with Crippen molar-refractivity contribution < 1.29 is 18.3 Å². The zero-order chi connectivity index (χ0) is 25.0. The van der Waals surface area contributed by atoms with Gasteiger partial charge >= 0.3 is 0 Å². The lowest BCUT2D eigenvalue weighted by molar-refractivity contribution is 0.0733. The first-order chi connectivity index (χ1) is 16.8. The summed E-state index contributed by atoms with van der Waals surface area (Å²) in [6, 6.07) is 8.95. The summed E-state index contributed by atoms with van der Waals surface area (Å²) in [6.45, 7) is 5.19. The van der Waals surface area contributed by atoms with E-state index in [1.807, 2.05) is 38.2 Å². The SMILES string of the molecule is C[C@H](CO)N1C[C@H](C)[C@@H](CN(C)Cc2ccncc2)Oc2cc(C3=CCCCC3)ccc2S1(=O)=O. The highest BCUT2D eigenvalue weighted by Crippen LogP contribution is 2.37. The van der Waals surface area contributed by atoms with Crippen molar-refractivity contribution in [2.24, 2.45) is 5.92 Å². The molecule has 0 unspecified atom stereocenters. The highest BCUT2D eigenvalue weighted by atomic mass is 32.2. The van der Waals surface area contributed by atoms with Gasteiger partial charge in [0.15, 0.2) is 0 Å². The first-order valence-electron chi connectivity index (χ1n) is 12.5. The summed E-state index contributed by atoms with van der Waals surface area (Å²) >= 11 is 0. The molecule has 8 heteroatoms. The van der Waals surface area contributed by atoms with Crippen molar-refractivity contribution in [3.05, 3.63) is 59.9 Å². The summed E-state index contributed by atoms with van der Waals surface area (Å²) < 4.78 is 35.3. The van der Waals surface area contributed by atoms with E-state index in [1.165, 1.54) is 16.3 Å². The number of aromatic nitrogens is 1. The number of ether oxygens (including phenoxy) is 1. The van der Waals surface area contributed by atoms with Crippen LogP contribution >= 0.6 is 0 Å². The number of fused-ring (bicyclic) bond motifs is 1. The highest BCUT2D eigenvalue weighted by Gasteiger charge is 2.38. The molecule has 0 amide bonds. The van der Waals surface area contributed by atoms with E-state index in [-0.39, 0.29) is 30.1 Å². The number of aliphatic hydroxyl groups is 1. The second-order valence-electron chi connectivity index (χ2n) is 9.93. The third kappa shape index (κ3) is 5.94. The minimum absolute atomic E-state index is 0.0793. The lowest BCUT2D eigenvalue weighted by atomic mass is 9.93. The van der Waals surface area contributed by atoms with Crippen LogP contribution in [0.25, 0.3) is 5.57 Å². The molecule has 0 bridgehead atoms. The Morgan fingerprint density at radius 2 is 2.00 bits per heavy atom. The number of rotatable bonds is 7. The van der Waals surface area contributed by atoms with Gasteiger partial charge in [-0.05, 0) is 80.6 Å². The lowest BCUT2D eigenvalue weighted by Gasteiger charge is -2.37. The quantitative estimate of drug-likeness (QED) is 0.621. The number of benzene rings is 1. The number of pyridine rings is 1. The molecule has 0 saturated heterocycles. The number of allylic oxidation sites excluding steroid dienone is 2. The molecule has 0 saturated carbocycles. The van der Waals surface area contributed by atoms with E-state index in [4.69, 9.17) is 4.74 Å². The predicted molar refractivity (Wildman–Crippen MR) is 137 cm³/mol. The molecule has 3 atom stereocenters. The fraction of sp³-hybridized carbons (Fsp3) is 0.519. The Balaban J connectivity index is 1.69. The molecule has 0 fully saturated rings. The molecule has 4 rings (SSSR count). The van der Waals surface area contributed by atoms with E-state index in [9.17, 15) is 13.5 Å². The highest BCUT2D eigenvalue weighted by molar-refractivity contribution is 7.89. The Hall–Kier alpha value is -2.26. The zero-order valence-corrected chi connectivity index (χ0v) is 21.7. The lowest BCUT2D eigenvalue weighted by Crippen LogP contribution is -2.49. The van der Waals surface area contributed by atoms with E-state index < -0.39 is 16.1 Å². The average Bonchev–Trinajstić information content (AvgIpc) is 2.86. The van der Waals surface area contributed by atoms with Gasteiger partial charge in [0.05, 0.1) is 6.61 Å². The van der Waals surface area contributed by atoms with Crippen molar-refractivity contribution in [3.63, 3.8) is 0 Å². The number of likely N-dealkylation sites (N-methyl/N-ethyl adjacent to an activating group) is 1. The average molecular weight is 500 g/mol. The molecule has 1 N–H and O–H groups in total. The molecule has 0 radical (unpaired) electrons. The number of hydrogen-bond donors (Lipinski definition) is 1. The van der Waals surface area contributed by atoms with Crippen molar-refractivity contribution in [1.82, 2.24) is 14.2 Å². The van der Waals surface area contributed by atoms with Crippen molar-refractivity contribution in [1.29, 1.82) is 0 Å². The monoisotopic (exact) mass is 499 g/mol. The Bertz CT molecular complexity index is 1140. The molecule has 2 aromatic rings. The fourth-order valence-corrected chi connectivity index (χ4v) is 6.74. The molecule has 1 aliphatic carbocycles. The van der Waals surface area contributed by atoms with Crippen LogP contribution in [0.5, 0.6) is 5.75 Å². The van der Waals surface area contributed by atoms with Gasteiger partial charge in [-0.15, -0.1) is 0 Å². The normalized spacial score (nSPS) is 23.5. The van der Waals surface area contributed by atoms with Crippen molar-refractivity contribution in [3.8, 4) is 5.75 Å². The molecule has 35 heavy (non-hydrogen) atoms. The largest absolute Gasteiger partial charge is 0.487 e. The molecule has 2 heterocycles. The summed E-state index contributed by atoms with van der Waals surface area (Å²) in [7, 11) is -1.78. The van der Waals surface area contributed by atoms with Gasteiger partial charge in [-0.1, -0.05) is 19.1 Å². The van der Waals surface area contributed by atoms with E-state index in [2.05, 4.69) is 16.0 Å². The molecule has 1 aliphatic heterocycles. The Morgan fingerprint density at radius 3 is 2.69 bits per heavy atom. The van der Waals surface area contributed by atoms with Gasteiger partial charge < -0.3 is 9.84 Å². The molecule has 190 valence electrons. The second kappa shape index (κ2) is 11.2. The van der Waals surface area contributed by atoms with Crippen LogP contribution in [0.4, 0.5) is 0 Å². The van der Waals surface area contributed by atoms with Crippen molar-refractivity contribution in [2.75, 3.05) is 26.7 Å². The summed E-state index contributed by atoms with van der Waals surface area (Å²) in [6.07, 6.45) is 9.98. The van der Waals surface area contributed by atoms with Gasteiger partial charge in [0.2, 0.25) is 10.0 Å². The standard InChI is InChI=1S/C27H37N3O4S/c1-20-16-30(21(2)19-31)35(32,33)27-10-9-24(23-7-5-4-6-8-23)15-25(27)34-26(20)18-29(3)17-22-11-13-28-14-12-22/h7,9-15,20-21,26,31H,4-6,8,16-19H2,1-3H3/t20-,21+,26+/m0/s1. The predicted octanol–water partition coefficient (Wildman–Crippen LogP) is 3.94. The number of aliphatic hydroxyl groups excluding tert-OH is 1. The van der Waals surface area contributed by atoms with Crippen LogP contribution in [-0.2, 0) is 16.6 Å². The number of hydrogen-bond acceptors (Lipinski definition) is 6. The topological polar surface area (TPSA) is 83.0 Å². The van der Waals surface area contributed by atoms with Crippen LogP contribution in [0.2, 0.25) is 0 Å². The van der Waals surface area contributed by atoms with Gasteiger partial charge in [0.1, 0.15) is 16.7 Å². The van der Waals surface area contributed by atoms with Crippen LogP contribution < -0.4 is 4.74 Å². The molecule has 7 nitrogen and oxygen atoms in total. The summed E-state index contributed by atoms with van der Waals surface area (Å²) in [5, 5.41) is 9.85. The fourth-order valence-electron chi connectivity index (χ4n) is 4.92. The van der Waals surface area contributed by atoms with Gasteiger partial charge in [0, 0.05) is 44.0 Å². The third-order valence-electron chi connectivity index (χ3n) is 7.02. The molecular formula is C27H37N3O4S.